The fraction of sp³-hybridized carbons (Fsp3) is 0.769. The number of allylic oxidation sites excluding steroid dienone is 2. The van der Waals surface area contributed by atoms with Crippen molar-refractivity contribution in [1.82, 2.24) is 4.90 Å². The van der Waals surface area contributed by atoms with Gasteiger partial charge < -0.3 is 31.2 Å². The van der Waals surface area contributed by atoms with Crippen LogP contribution in [0.1, 0.15) is 27.7 Å². The van der Waals surface area contributed by atoms with Crippen molar-refractivity contribution in [2.45, 2.75) is 27.7 Å². The van der Waals surface area contributed by atoms with Gasteiger partial charge in [0.05, 0.1) is 0 Å². The van der Waals surface area contributed by atoms with Gasteiger partial charge in [-0.05, 0) is 32.6 Å². The van der Waals surface area contributed by atoms with E-state index in [1.807, 2.05) is 0 Å². The molecule has 0 saturated carbocycles. The first kappa shape index (κ1) is 37.0. The molecule has 0 bridgehead atoms. The average molecular weight is 463 g/mol. The van der Waals surface area contributed by atoms with Crippen molar-refractivity contribution >= 4 is 5.78 Å². The molecule has 0 unspecified atom stereocenters. The summed E-state index contributed by atoms with van der Waals surface area (Å²) >= 11 is 0. The molecule has 12 nitrogen and oxygen atoms in total. The van der Waals surface area contributed by atoms with Crippen molar-refractivity contribution in [3.05, 3.63) is 33.0 Å². The van der Waals surface area contributed by atoms with Crippen LogP contribution in [0, 0.1) is 20.4 Å². The Bertz CT molecular complexity index is 346. The van der Waals surface area contributed by atoms with Crippen molar-refractivity contribution in [3.63, 3.8) is 0 Å². The zero-order valence-electron chi connectivity index (χ0n) is 15.7. The van der Waals surface area contributed by atoms with Gasteiger partial charge in [-0.25, -0.2) is 0 Å². The summed E-state index contributed by atoms with van der Waals surface area (Å²) in [6.07, 6.45) is 1.06. The molecule has 0 fully saturated rings. The van der Waals surface area contributed by atoms with Crippen LogP contribution in [0.3, 0.4) is 0 Å². The van der Waals surface area contributed by atoms with Crippen LogP contribution in [0.15, 0.2) is 17.2 Å². The molecule has 3 N–H and O–H groups in total. The standard InChI is InChI=1S/C8H19N3.C5H8O2.ClH2O4.Co.HNO2/c1-3-11(4-2)8-7-10-6-5-9;1-4(6)3-5(2)7;2-1(3,4)5;;2-1-3/h9H,3-8H2,1-2H3;3,6H,1-2H3;2-3H;;(H,2,3)/q-2;;-1;+3;/p-2/b;4-3-;;;. The van der Waals surface area contributed by atoms with Gasteiger partial charge in [0.2, 0.25) is 0 Å². The number of hydrogen-bond acceptors (Lipinski definition) is 10. The number of nitrogens with zero attached hydrogens (tertiary/aromatic N) is 3. The van der Waals surface area contributed by atoms with Crippen molar-refractivity contribution < 1.29 is 55.6 Å². The average Bonchev–Trinajstić information content (AvgIpc) is 2.46. The monoisotopic (exact) mass is 462 g/mol. The number of carbonyl (C=O) groups excluding carboxylic acids is 1. The van der Waals surface area contributed by atoms with E-state index in [9.17, 15) is 9.90 Å². The molecule has 0 radical (unpaired) electrons. The maximum atomic E-state index is 9.98. The molecule has 0 aromatic rings. The number of hydrogen-bond donors (Lipinski definition) is 2. The van der Waals surface area contributed by atoms with Crippen molar-refractivity contribution in [1.29, 1.82) is 0 Å². The molecule has 0 saturated heterocycles. The van der Waals surface area contributed by atoms with Crippen molar-refractivity contribution in [2.75, 3.05) is 39.3 Å². The maximum absolute atomic E-state index is 9.98. The summed E-state index contributed by atoms with van der Waals surface area (Å²) < 4.78 is 31.5. The van der Waals surface area contributed by atoms with Crippen LogP contribution in [-0.2, 0) is 21.6 Å². The van der Waals surface area contributed by atoms with E-state index in [1.165, 1.54) is 13.8 Å². The van der Waals surface area contributed by atoms with E-state index in [0.29, 0.717) is 13.1 Å². The second-order valence-electron chi connectivity index (χ2n) is 4.30. The summed E-state index contributed by atoms with van der Waals surface area (Å²) in [4.78, 5) is 20.3. The molecule has 0 aromatic heterocycles. The Morgan fingerprint density at radius 2 is 1.59 bits per heavy atom. The van der Waals surface area contributed by atoms with Gasteiger partial charge in [0.1, 0.15) is 0 Å². The minimum absolute atomic E-state index is 0. The van der Waals surface area contributed by atoms with E-state index >= 15 is 0 Å². The Kier molecular flexibility index (Phi) is 37.4. The fourth-order valence-corrected chi connectivity index (χ4v) is 1.23. The molecule has 27 heavy (non-hydrogen) atoms. The molecule has 0 aromatic carbocycles. The fourth-order valence-electron chi connectivity index (χ4n) is 1.23. The van der Waals surface area contributed by atoms with Crippen LogP contribution in [0.25, 0.3) is 11.1 Å². The molecule has 0 aliphatic carbocycles. The summed E-state index contributed by atoms with van der Waals surface area (Å²) in [5, 5.41) is 23.2. The van der Waals surface area contributed by atoms with Crippen molar-refractivity contribution in [3.8, 4) is 0 Å². The molecule has 0 aliphatic heterocycles. The third-order valence-corrected chi connectivity index (χ3v) is 2.15. The first-order chi connectivity index (χ1) is 11.9. The van der Waals surface area contributed by atoms with Crippen LogP contribution < -0.4 is 14.4 Å². The van der Waals surface area contributed by atoms with Crippen LogP contribution in [-0.4, -0.2) is 59.3 Å². The first-order valence-electron chi connectivity index (χ1n) is 7.35. The van der Waals surface area contributed by atoms with Crippen LogP contribution >= 0.6 is 0 Å². The summed E-state index contributed by atoms with van der Waals surface area (Å²) in [6.45, 7) is 12.3. The predicted molar refractivity (Wildman–Crippen MR) is 88.1 cm³/mol. The van der Waals surface area contributed by atoms with Gasteiger partial charge in [-0.2, -0.15) is 13.1 Å². The number of halogens is 1. The Morgan fingerprint density at radius 1 is 1.22 bits per heavy atom. The summed E-state index contributed by atoms with van der Waals surface area (Å²) in [7, 11) is -4.44. The van der Waals surface area contributed by atoms with Gasteiger partial charge in [-0.3, -0.25) is 4.79 Å². The van der Waals surface area contributed by atoms with Crippen LogP contribution in [0.4, 0.5) is 0 Å². The number of nitrogens with one attached hydrogen (secondary N) is 1. The number of rotatable bonds is 8. The summed E-state index contributed by atoms with van der Waals surface area (Å²) in [5.74, 6) is -0.375. The minimum atomic E-state index is -4.44. The van der Waals surface area contributed by atoms with Gasteiger partial charge in [-0.15, -0.1) is 17.6 Å². The molecular formula is C13H28ClCoN4O8-2. The van der Waals surface area contributed by atoms with E-state index in [-0.39, 0.29) is 28.3 Å². The molecule has 0 spiro atoms. The quantitative estimate of drug-likeness (QED) is 0.138. The van der Waals surface area contributed by atoms with Gasteiger partial charge in [-0.1, -0.05) is 20.8 Å². The van der Waals surface area contributed by atoms with Crippen LogP contribution in [0.5, 0.6) is 0 Å². The Labute approximate surface area is 171 Å². The topological polar surface area (TPSA) is 220 Å². The van der Waals surface area contributed by atoms with E-state index in [2.05, 4.69) is 24.1 Å². The third kappa shape index (κ3) is 78.0. The molecule has 0 atom stereocenters. The Morgan fingerprint density at radius 3 is 1.78 bits per heavy atom. The van der Waals surface area contributed by atoms with Gasteiger partial charge in [0, 0.05) is 0 Å². The summed E-state index contributed by atoms with van der Waals surface area (Å²) in [5.41, 5.74) is 6.87. The zero-order chi connectivity index (χ0) is 21.6. The predicted octanol–water partition coefficient (Wildman–Crippen LogP) is -1.65. The number of carbonyl (C=O) groups is 1. The van der Waals surface area contributed by atoms with E-state index in [4.69, 9.17) is 34.5 Å². The zero-order valence-corrected chi connectivity index (χ0v) is 17.5. The van der Waals surface area contributed by atoms with Crippen LogP contribution in [0.2, 0.25) is 0 Å². The van der Waals surface area contributed by atoms with Gasteiger partial charge in [0.25, 0.3) is 0 Å². The second-order valence-corrected chi connectivity index (χ2v) is 5.13. The second kappa shape index (κ2) is 27.3. The normalized spacial score (nSPS) is 10.7. The summed E-state index contributed by atoms with van der Waals surface area (Å²) in [6, 6.07) is 0. The van der Waals surface area contributed by atoms with Crippen molar-refractivity contribution in [2.24, 2.45) is 5.34 Å². The molecule has 14 heteroatoms. The molecule has 166 valence electrons. The van der Waals surface area contributed by atoms with Gasteiger partial charge >= 0.3 is 45.7 Å². The van der Waals surface area contributed by atoms with E-state index < -0.39 is 10.2 Å². The number of likely N-dealkylation sites (N-methyl/N-ethyl adjacent to an activating group) is 1. The molecule has 0 aliphatic rings. The SMILES string of the molecule is CC(=O)/C=C(/C)[O-].CCN(CC)CC[N-]CC[NH-].O=N[O-].[Co+3].[O-][Cl+]([O-])(O)O. The Hall–Kier alpha value is -0.874. The third-order valence-electron chi connectivity index (χ3n) is 2.15. The molecular weight excluding hydrogens is 435 g/mol. The Balaban J connectivity index is -0.0000000873. The van der Waals surface area contributed by atoms with E-state index in [1.54, 1.807) is 0 Å². The molecule has 0 amide bonds. The number of ketones is 1. The van der Waals surface area contributed by atoms with E-state index in [0.717, 1.165) is 37.6 Å². The first-order valence-corrected chi connectivity index (χ1v) is 8.64. The molecule has 0 heterocycles. The van der Waals surface area contributed by atoms with Gasteiger partial charge in [0.15, 0.2) is 5.78 Å². The molecule has 0 rings (SSSR count).